The Labute approximate surface area is 114 Å². The molecule has 0 aliphatic carbocycles. The SMILES string of the molecule is Clc1ccccc1CC1COC2(CCNCC2)C1. The van der Waals surface area contributed by atoms with Crippen LogP contribution in [0, 0.1) is 5.92 Å². The molecule has 0 bridgehead atoms. The predicted molar refractivity (Wildman–Crippen MR) is 74.0 cm³/mol. The summed E-state index contributed by atoms with van der Waals surface area (Å²) in [6, 6.07) is 8.17. The molecule has 0 radical (unpaired) electrons. The summed E-state index contributed by atoms with van der Waals surface area (Å²) in [4.78, 5) is 0. The molecule has 1 aromatic carbocycles. The van der Waals surface area contributed by atoms with Gasteiger partial charge in [0.05, 0.1) is 12.2 Å². The van der Waals surface area contributed by atoms with E-state index in [4.69, 9.17) is 16.3 Å². The maximum atomic E-state index is 6.23. The van der Waals surface area contributed by atoms with Crippen molar-refractivity contribution < 1.29 is 4.74 Å². The van der Waals surface area contributed by atoms with E-state index in [-0.39, 0.29) is 5.60 Å². The Hall–Kier alpha value is -0.570. The third-order valence-corrected chi connectivity index (χ3v) is 4.64. The maximum Gasteiger partial charge on any atom is 0.0710 e. The molecule has 2 aliphatic heterocycles. The zero-order valence-electron chi connectivity index (χ0n) is 10.6. The summed E-state index contributed by atoms with van der Waals surface area (Å²) in [6.45, 7) is 3.09. The number of benzene rings is 1. The molecule has 98 valence electrons. The molecule has 1 unspecified atom stereocenters. The van der Waals surface area contributed by atoms with E-state index in [9.17, 15) is 0 Å². The monoisotopic (exact) mass is 265 g/mol. The van der Waals surface area contributed by atoms with Crippen molar-refractivity contribution in [3.63, 3.8) is 0 Å². The average Bonchev–Trinajstić information content (AvgIpc) is 2.76. The number of halogens is 1. The van der Waals surface area contributed by atoms with E-state index in [1.807, 2.05) is 12.1 Å². The van der Waals surface area contributed by atoms with Crippen molar-refractivity contribution in [2.75, 3.05) is 19.7 Å². The number of piperidine rings is 1. The Balaban J connectivity index is 1.64. The first-order chi connectivity index (χ1) is 8.77. The van der Waals surface area contributed by atoms with Crippen LogP contribution in [0.3, 0.4) is 0 Å². The lowest BCUT2D eigenvalue weighted by molar-refractivity contribution is -0.0196. The summed E-state index contributed by atoms with van der Waals surface area (Å²) < 4.78 is 6.12. The molecular formula is C15H20ClNO. The zero-order chi connectivity index (χ0) is 12.4. The van der Waals surface area contributed by atoms with E-state index < -0.39 is 0 Å². The second-order valence-electron chi connectivity index (χ2n) is 5.61. The van der Waals surface area contributed by atoms with Crippen molar-refractivity contribution in [1.82, 2.24) is 5.32 Å². The van der Waals surface area contributed by atoms with Gasteiger partial charge in [0.15, 0.2) is 0 Å². The standard InChI is InChI=1S/C15H20ClNO/c16-14-4-2-1-3-13(14)9-12-10-15(18-11-12)5-7-17-8-6-15/h1-4,12,17H,5-11H2. The van der Waals surface area contributed by atoms with Crippen molar-refractivity contribution >= 4 is 11.6 Å². The van der Waals surface area contributed by atoms with Crippen molar-refractivity contribution in [2.24, 2.45) is 5.92 Å². The lowest BCUT2D eigenvalue weighted by Crippen LogP contribution is -2.41. The Morgan fingerprint density at radius 3 is 2.83 bits per heavy atom. The molecule has 1 atom stereocenters. The number of nitrogens with one attached hydrogen (secondary N) is 1. The summed E-state index contributed by atoms with van der Waals surface area (Å²) in [5, 5.41) is 4.30. The maximum absolute atomic E-state index is 6.23. The van der Waals surface area contributed by atoms with Crippen LogP contribution in [0.15, 0.2) is 24.3 Å². The van der Waals surface area contributed by atoms with Gasteiger partial charge in [0.1, 0.15) is 0 Å². The quantitative estimate of drug-likeness (QED) is 0.888. The molecule has 2 saturated heterocycles. The Kier molecular flexibility index (Phi) is 3.60. The van der Waals surface area contributed by atoms with Crippen molar-refractivity contribution in [2.45, 2.75) is 31.3 Å². The van der Waals surface area contributed by atoms with Crippen LogP contribution in [0.2, 0.25) is 5.02 Å². The predicted octanol–water partition coefficient (Wildman–Crippen LogP) is 3.04. The minimum absolute atomic E-state index is 0.164. The summed E-state index contributed by atoms with van der Waals surface area (Å²) in [7, 11) is 0. The first-order valence-corrected chi connectivity index (χ1v) is 7.23. The van der Waals surface area contributed by atoms with Crippen LogP contribution >= 0.6 is 11.6 Å². The number of hydrogen-bond donors (Lipinski definition) is 1. The molecule has 3 heteroatoms. The summed E-state index contributed by atoms with van der Waals surface area (Å²) in [6.07, 6.45) is 4.56. The molecule has 2 aliphatic rings. The van der Waals surface area contributed by atoms with Gasteiger partial charge in [-0.3, -0.25) is 0 Å². The van der Waals surface area contributed by atoms with Gasteiger partial charge in [-0.05, 0) is 56.3 Å². The molecule has 2 fully saturated rings. The van der Waals surface area contributed by atoms with E-state index in [1.54, 1.807) is 0 Å². The minimum Gasteiger partial charge on any atom is -0.375 e. The van der Waals surface area contributed by atoms with Gasteiger partial charge in [-0.25, -0.2) is 0 Å². The highest BCUT2D eigenvalue weighted by atomic mass is 35.5. The van der Waals surface area contributed by atoms with Gasteiger partial charge in [-0.2, -0.15) is 0 Å². The highest BCUT2D eigenvalue weighted by molar-refractivity contribution is 6.31. The highest BCUT2D eigenvalue weighted by Gasteiger charge is 2.40. The number of hydrogen-bond acceptors (Lipinski definition) is 2. The fourth-order valence-corrected chi connectivity index (χ4v) is 3.49. The smallest absolute Gasteiger partial charge is 0.0710 e. The lowest BCUT2D eigenvalue weighted by atomic mass is 9.84. The summed E-state index contributed by atoms with van der Waals surface area (Å²) >= 11 is 6.23. The zero-order valence-corrected chi connectivity index (χ0v) is 11.4. The van der Waals surface area contributed by atoms with E-state index in [1.165, 1.54) is 12.0 Å². The van der Waals surface area contributed by atoms with E-state index in [2.05, 4.69) is 17.4 Å². The topological polar surface area (TPSA) is 21.3 Å². The van der Waals surface area contributed by atoms with E-state index in [0.29, 0.717) is 5.92 Å². The van der Waals surface area contributed by atoms with Crippen LogP contribution < -0.4 is 5.32 Å². The highest BCUT2D eigenvalue weighted by Crippen LogP contribution is 2.38. The Bertz CT molecular complexity index is 415. The van der Waals surface area contributed by atoms with Crippen LogP contribution in [0.4, 0.5) is 0 Å². The van der Waals surface area contributed by atoms with Gasteiger partial charge in [-0.15, -0.1) is 0 Å². The first-order valence-electron chi connectivity index (χ1n) is 6.86. The summed E-state index contributed by atoms with van der Waals surface area (Å²) in [5.74, 6) is 0.628. The summed E-state index contributed by atoms with van der Waals surface area (Å²) in [5.41, 5.74) is 1.43. The van der Waals surface area contributed by atoms with Crippen molar-refractivity contribution in [3.8, 4) is 0 Å². The largest absolute Gasteiger partial charge is 0.375 e. The number of ether oxygens (including phenoxy) is 1. The Morgan fingerprint density at radius 1 is 1.28 bits per heavy atom. The Morgan fingerprint density at radius 2 is 2.06 bits per heavy atom. The second-order valence-corrected chi connectivity index (χ2v) is 6.02. The lowest BCUT2D eigenvalue weighted by Gasteiger charge is -2.33. The van der Waals surface area contributed by atoms with Crippen molar-refractivity contribution in [3.05, 3.63) is 34.9 Å². The molecule has 3 rings (SSSR count). The van der Waals surface area contributed by atoms with Gasteiger partial charge in [0, 0.05) is 5.02 Å². The van der Waals surface area contributed by atoms with Crippen LogP contribution in [0.1, 0.15) is 24.8 Å². The second kappa shape index (κ2) is 5.20. The fourth-order valence-electron chi connectivity index (χ4n) is 3.28. The molecule has 1 N–H and O–H groups in total. The molecule has 2 nitrogen and oxygen atoms in total. The average molecular weight is 266 g/mol. The van der Waals surface area contributed by atoms with Crippen LogP contribution in [0.5, 0.6) is 0 Å². The normalized spacial score (nSPS) is 26.6. The minimum atomic E-state index is 0.164. The van der Waals surface area contributed by atoms with Gasteiger partial charge in [0.25, 0.3) is 0 Å². The molecule has 0 amide bonds. The van der Waals surface area contributed by atoms with Gasteiger partial charge in [0.2, 0.25) is 0 Å². The van der Waals surface area contributed by atoms with E-state index in [0.717, 1.165) is 44.0 Å². The molecular weight excluding hydrogens is 246 g/mol. The molecule has 1 aromatic rings. The number of rotatable bonds is 2. The first kappa shape index (κ1) is 12.5. The molecule has 2 heterocycles. The van der Waals surface area contributed by atoms with Gasteiger partial charge >= 0.3 is 0 Å². The molecule has 0 saturated carbocycles. The van der Waals surface area contributed by atoms with E-state index >= 15 is 0 Å². The van der Waals surface area contributed by atoms with Crippen LogP contribution in [0.25, 0.3) is 0 Å². The van der Waals surface area contributed by atoms with Crippen LogP contribution in [-0.2, 0) is 11.2 Å². The molecule has 18 heavy (non-hydrogen) atoms. The van der Waals surface area contributed by atoms with Crippen molar-refractivity contribution in [1.29, 1.82) is 0 Å². The van der Waals surface area contributed by atoms with Crippen LogP contribution in [-0.4, -0.2) is 25.3 Å². The van der Waals surface area contributed by atoms with Gasteiger partial charge < -0.3 is 10.1 Å². The third kappa shape index (κ3) is 2.56. The molecule has 1 spiro atoms. The fraction of sp³-hybridized carbons (Fsp3) is 0.600. The van der Waals surface area contributed by atoms with Gasteiger partial charge in [-0.1, -0.05) is 29.8 Å². The third-order valence-electron chi connectivity index (χ3n) is 4.27. The molecule has 0 aromatic heterocycles.